The Kier molecular flexibility index (Phi) is 9.49. The monoisotopic (exact) mass is 661 g/mol. The van der Waals surface area contributed by atoms with Crippen LogP contribution in [-0.4, -0.2) is 53.0 Å². The predicted molar refractivity (Wildman–Crippen MR) is 164 cm³/mol. The number of aliphatic imine (C=N–C) groups is 1. The van der Waals surface area contributed by atoms with Crippen LogP contribution in [0.5, 0.6) is 0 Å². The van der Waals surface area contributed by atoms with Crippen molar-refractivity contribution in [3.05, 3.63) is 85.9 Å². The lowest BCUT2D eigenvalue weighted by atomic mass is 9.85. The van der Waals surface area contributed by atoms with Crippen LogP contribution in [0.4, 0.5) is 19.0 Å². The molecule has 0 saturated carbocycles. The van der Waals surface area contributed by atoms with Gasteiger partial charge in [-0.3, -0.25) is 4.99 Å². The number of benzene rings is 1. The maximum absolute atomic E-state index is 15.2. The summed E-state index contributed by atoms with van der Waals surface area (Å²) in [6.45, 7) is 7.61. The lowest BCUT2D eigenvalue weighted by molar-refractivity contribution is -0.139. The van der Waals surface area contributed by atoms with E-state index >= 15 is 4.39 Å². The second-order valence-corrected chi connectivity index (χ2v) is 12.7. The van der Waals surface area contributed by atoms with Crippen LogP contribution in [-0.2, 0) is 14.3 Å². The molecule has 3 aromatic rings. The Balaban J connectivity index is 1.47. The highest BCUT2D eigenvalue weighted by molar-refractivity contribution is 7.11. The number of hydrogen-bond acceptors (Lipinski definition) is 10. The lowest BCUT2D eigenvalue weighted by Gasteiger charge is -2.37. The number of nitrogens with zero attached hydrogens (tertiary/aromatic N) is 4. The molecule has 1 atom stereocenters. The van der Waals surface area contributed by atoms with Gasteiger partial charge >= 0.3 is 11.9 Å². The van der Waals surface area contributed by atoms with Crippen LogP contribution >= 0.6 is 22.9 Å². The van der Waals surface area contributed by atoms with E-state index in [-0.39, 0.29) is 35.0 Å². The molecule has 5 rings (SSSR count). The highest BCUT2D eigenvalue weighted by atomic mass is 35.5. The smallest absolute Gasteiger partial charge is 0.340 e. The summed E-state index contributed by atoms with van der Waals surface area (Å²) in [5.41, 5.74) is -0.0204. The third-order valence-electron chi connectivity index (χ3n) is 7.22. The zero-order chi connectivity index (χ0) is 32.5. The predicted octanol–water partition coefficient (Wildman–Crippen LogP) is 6.39. The number of ether oxygens (including phenoxy) is 2. The van der Waals surface area contributed by atoms with Crippen molar-refractivity contribution in [1.29, 1.82) is 0 Å². The molecule has 1 N–H and O–H groups in total. The van der Waals surface area contributed by atoms with Crippen LogP contribution in [0.1, 0.15) is 67.5 Å². The van der Waals surface area contributed by atoms with E-state index in [0.717, 1.165) is 12.1 Å². The number of anilines is 1. The van der Waals surface area contributed by atoms with Gasteiger partial charge in [-0.1, -0.05) is 17.7 Å². The highest BCUT2D eigenvalue weighted by Gasteiger charge is 2.38. The van der Waals surface area contributed by atoms with Gasteiger partial charge in [0.15, 0.2) is 34.1 Å². The number of aromatic nitrogens is 2. The van der Waals surface area contributed by atoms with Crippen molar-refractivity contribution in [2.75, 3.05) is 24.6 Å². The van der Waals surface area contributed by atoms with Gasteiger partial charge in [0.2, 0.25) is 0 Å². The summed E-state index contributed by atoms with van der Waals surface area (Å²) in [6, 6.07) is 2.24. The van der Waals surface area contributed by atoms with Crippen molar-refractivity contribution < 1.29 is 32.2 Å². The van der Waals surface area contributed by atoms with E-state index in [1.807, 2.05) is 0 Å². The van der Waals surface area contributed by atoms with Gasteiger partial charge in [-0.05, 0) is 52.7 Å². The first kappa shape index (κ1) is 32.4. The summed E-state index contributed by atoms with van der Waals surface area (Å²) in [6.07, 6.45) is 3.81. The number of carbonyl (C=O) groups is 2. The molecule has 9 nitrogen and oxygen atoms in total. The quantitative estimate of drug-likeness (QED) is 0.230. The van der Waals surface area contributed by atoms with Gasteiger partial charge in [0.25, 0.3) is 0 Å². The number of rotatable bonds is 7. The molecule has 1 unspecified atom stereocenters. The Hall–Kier alpha value is -3.97. The van der Waals surface area contributed by atoms with Gasteiger partial charge in [-0.25, -0.2) is 32.7 Å². The van der Waals surface area contributed by atoms with E-state index < -0.39 is 46.1 Å². The number of esters is 2. The summed E-state index contributed by atoms with van der Waals surface area (Å²) < 4.78 is 54.6. The number of allylic oxidation sites excluding steroid dienone is 1. The second-order valence-electron chi connectivity index (χ2n) is 11.4. The molecule has 1 fully saturated rings. The second kappa shape index (κ2) is 13.2. The topological polar surface area (TPSA) is 106 Å². The largest absolute Gasteiger partial charge is 0.463 e. The molecule has 1 saturated heterocycles. The molecule has 0 aliphatic carbocycles. The van der Waals surface area contributed by atoms with E-state index in [9.17, 15) is 18.4 Å². The first-order chi connectivity index (χ1) is 21.4. The summed E-state index contributed by atoms with van der Waals surface area (Å²) in [5.74, 6) is -4.22. The van der Waals surface area contributed by atoms with E-state index in [2.05, 4.69) is 20.3 Å². The van der Waals surface area contributed by atoms with E-state index in [0.29, 0.717) is 42.5 Å². The Morgan fingerprint density at radius 3 is 2.47 bits per heavy atom. The highest BCUT2D eigenvalue weighted by Crippen LogP contribution is 2.41. The number of amidine groups is 1. The molecule has 2 aromatic heterocycles. The van der Waals surface area contributed by atoms with Gasteiger partial charge in [0.1, 0.15) is 11.6 Å². The van der Waals surface area contributed by atoms with Crippen molar-refractivity contribution in [2.24, 2.45) is 10.9 Å². The van der Waals surface area contributed by atoms with Crippen molar-refractivity contribution in [3.63, 3.8) is 0 Å². The van der Waals surface area contributed by atoms with Crippen molar-refractivity contribution in [2.45, 2.75) is 52.2 Å². The zero-order valence-corrected chi connectivity index (χ0v) is 26.6. The minimum atomic E-state index is -1.25. The first-order valence-electron chi connectivity index (χ1n) is 14.3. The third kappa shape index (κ3) is 6.99. The van der Waals surface area contributed by atoms with E-state index in [1.54, 1.807) is 44.2 Å². The number of nitrogens with one attached hydrogen (secondary N) is 1. The summed E-state index contributed by atoms with van der Waals surface area (Å²) in [4.78, 5) is 40.9. The Morgan fingerprint density at radius 1 is 1.11 bits per heavy atom. The van der Waals surface area contributed by atoms with Crippen molar-refractivity contribution in [1.82, 2.24) is 15.3 Å². The maximum Gasteiger partial charge on any atom is 0.340 e. The van der Waals surface area contributed by atoms with Crippen LogP contribution < -0.4 is 10.2 Å². The first-order valence-corrected chi connectivity index (χ1v) is 15.6. The number of piperidine rings is 1. The third-order valence-corrected chi connectivity index (χ3v) is 8.39. The Bertz CT molecular complexity index is 1670. The minimum absolute atomic E-state index is 0.00707. The molecule has 238 valence electrons. The average molecular weight is 662 g/mol. The Labute approximate surface area is 267 Å². The van der Waals surface area contributed by atoms with Gasteiger partial charge in [-0.15, -0.1) is 11.3 Å². The normalized spacial score (nSPS) is 17.6. The molecule has 45 heavy (non-hydrogen) atoms. The van der Waals surface area contributed by atoms with E-state index in [1.165, 1.54) is 23.6 Å². The number of pyridine rings is 1. The molecule has 2 aliphatic rings. The van der Waals surface area contributed by atoms with Crippen molar-refractivity contribution >= 4 is 46.5 Å². The molecule has 0 spiro atoms. The zero-order valence-electron chi connectivity index (χ0n) is 25.0. The number of halogens is 4. The minimum Gasteiger partial charge on any atom is -0.463 e. The summed E-state index contributed by atoms with van der Waals surface area (Å²) in [7, 11) is 0. The van der Waals surface area contributed by atoms with Gasteiger partial charge in [0.05, 0.1) is 22.8 Å². The van der Waals surface area contributed by atoms with Crippen LogP contribution in [0.3, 0.4) is 0 Å². The number of carbonyl (C=O) groups excluding carboxylic acids is 2. The maximum atomic E-state index is 15.2. The van der Waals surface area contributed by atoms with Crippen molar-refractivity contribution in [3.8, 4) is 0 Å². The molecule has 14 heteroatoms. The molecule has 0 radical (unpaired) electrons. The molecular weight excluding hydrogens is 631 g/mol. The summed E-state index contributed by atoms with van der Waals surface area (Å²) >= 11 is 7.59. The standard InChI is InChI=1S/C31H31ClF3N5O4S/c1-5-43-30(42)21-24(38-26(28-36-10-13-45-28)39-25(21)18-6-7-19(33)23(35)22(18)32)16-8-11-40(12-9-16)27-20(34)14-17(15-37-27)29(41)44-31(2,3)4/h6-7,10,13-16,25H,5,8-9,11-12H2,1-4H3,(H,38,39). The molecular formula is C31H31ClF3N5O4S. The van der Waals surface area contributed by atoms with Crippen LogP contribution in [0.25, 0.3) is 0 Å². The molecule has 2 aliphatic heterocycles. The summed E-state index contributed by atoms with van der Waals surface area (Å²) in [5, 5.41) is 5.06. The molecule has 4 heterocycles. The van der Waals surface area contributed by atoms with Gasteiger partial charge in [-0.2, -0.15) is 0 Å². The molecule has 1 aromatic carbocycles. The SMILES string of the molecule is CCOC(=O)C1=C(C2CCN(c3ncc(C(=O)OC(C)(C)C)cc3F)CC2)NC(c2nccs2)=NC1c1ccc(F)c(F)c1Cl. The average Bonchev–Trinajstić information content (AvgIpc) is 3.54. The fourth-order valence-corrected chi connectivity index (χ4v) is 6.08. The van der Waals surface area contributed by atoms with Crippen LogP contribution in [0.15, 0.2) is 52.2 Å². The van der Waals surface area contributed by atoms with Gasteiger partial charge in [0, 0.05) is 48.0 Å². The van der Waals surface area contributed by atoms with Crippen LogP contribution in [0.2, 0.25) is 5.02 Å². The lowest BCUT2D eigenvalue weighted by Crippen LogP contribution is -2.42. The fourth-order valence-electron chi connectivity index (χ4n) is 5.24. The number of hydrogen-bond donors (Lipinski definition) is 1. The molecule has 0 amide bonds. The van der Waals surface area contributed by atoms with Crippen LogP contribution in [0, 0.1) is 23.4 Å². The molecule has 0 bridgehead atoms. The van der Waals surface area contributed by atoms with E-state index in [4.69, 9.17) is 21.1 Å². The van der Waals surface area contributed by atoms with Gasteiger partial charge < -0.3 is 19.7 Å². The fraction of sp³-hybridized carbons (Fsp3) is 0.387. The Morgan fingerprint density at radius 2 is 1.84 bits per heavy atom. The number of thiazole rings is 1.